The smallest absolute Gasteiger partial charge is 0.0794 e. The van der Waals surface area contributed by atoms with E-state index in [1.807, 2.05) is 11.7 Å². The minimum Gasteiger partial charge on any atom is -0.327 e. The number of thiazole rings is 1. The molecular formula is C16H24N2S. The first-order valence-corrected chi connectivity index (χ1v) is 8.72. The molecule has 0 radical (unpaired) electrons. The van der Waals surface area contributed by atoms with Gasteiger partial charge in [0.1, 0.15) is 0 Å². The predicted molar refractivity (Wildman–Crippen MR) is 79.0 cm³/mol. The number of rotatable bonds is 4. The lowest BCUT2D eigenvalue weighted by molar-refractivity contribution is -0.0602. The molecule has 5 rings (SSSR count). The van der Waals surface area contributed by atoms with Crippen LogP contribution in [0, 0.1) is 23.2 Å². The van der Waals surface area contributed by atoms with Gasteiger partial charge in [0.15, 0.2) is 0 Å². The lowest BCUT2D eigenvalue weighted by atomic mass is 9.48. The fourth-order valence-electron chi connectivity index (χ4n) is 5.77. The molecule has 4 aliphatic carbocycles. The van der Waals surface area contributed by atoms with Gasteiger partial charge in [-0.1, -0.05) is 0 Å². The third-order valence-corrected chi connectivity index (χ3v) is 6.61. The molecule has 0 aromatic carbocycles. The van der Waals surface area contributed by atoms with Crippen molar-refractivity contribution in [2.75, 3.05) is 0 Å². The molecule has 0 spiro atoms. The lowest BCUT2D eigenvalue weighted by Crippen LogP contribution is -2.48. The Kier molecular flexibility index (Phi) is 2.96. The normalized spacial score (nSPS) is 41.6. The lowest BCUT2D eigenvalue weighted by Gasteiger charge is -2.57. The molecule has 1 heterocycles. The largest absolute Gasteiger partial charge is 0.327 e. The van der Waals surface area contributed by atoms with Crippen LogP contribution in [0.25, 0.3) is 0 Å². The zero-order chi connectivity index (χ0) is 12.9. The van der Waals surface area contributed by atoms with Gasteiger partial charge in [0.2, 0.25) is 0 Å². The van der Waals surface area contributed by atoms with Gasteiger partial charge in [-0.3, -0.25) is 4.98 Å². The highest BCUT2D eigenvalue weighted by molar-refractivity contribution is 7.09. The van der Waals surface area contributed by atoms with Crippen molar-refractivity contribution < 1.29 is 0 Å². The van der Waals surface area contributed by atoms with Crippen molar-refractivity contribution in [2.45, 2.75) is 57.4 Å². The molecule has 1 aromatic rings. The highest BCUT2D eigenvalue weighted by atomic mass is 32.1. The Morgan fingerprint density at radius 3 is 2.37 bits per heavy atom. The van der Waals surface area contributed by atoms with Crippen molar-refractivity contribution >= 4 is 11.3 Å². The van der Waals surface area contributed by atoms with Crippen molar-refractivity contribution in [3.8, 4) is 0 Å². The Morgan fingerprint density at radius 2 is 1.84 bits per heavy atom. The van der Waals surface area contributed by atoms with Gasteiger partial charge >= 0.3 is 0 Å². The van der Waals surface area contributed by atoms with E-state index in [9.17, 15) is 0 Å². The second-order valence-electron chi connectivity index (χ2n) is 7.55. The first kappa shape index (κ1) is 12.3. The van der Waals surface area contributed by atoms with E-state index in [2.05, 4.69) is 4.98 Å². The molecule has 4 fully saturated rings. The number of nitrogens with zero attached hydrogens (tertiary/aromatic N) is 1. The highest BCUT2D eigenvalue weighted by Crippen LogP contribution is 2.61. The average molecular weight is 276 g/mol. The summed E-state index contributed by atoms with van der Waals surface area (Å²) in [6.07, 6.45) is 13.3. The standard InChI is InChI=1S/C16H24N2S/c17-14(4-15-9-18-10-19-15)8-16-5-11-1-12(6-16)3-13(2-11)7-16/h9-14H,1-8,17H2. The van der Waals surface area contributed by atoms with E-state index in [1.54, 1.807) is 11.3 Å². The molecule has 19 heavy (non-hydrogen) atoms. The van der Waals surface area contributed by atoms with Crippen LogP contribution >= 0.6 is 11.3 Å². The molecule has 1 aromatic heterocycles. The van der Waals surface area contributed by atoms with E-state index in [1.165, 1.54) is 49.8 Å². The maximum Gasteiger partial charge on any atom is 0.0794 e. The molecular weight excluding hydrogens is 252 g/mol. The fraction of sp³-hybridized carbons (Fsp3) is 0.812. The van der Waals surface area contributed by atoms with Crippen LogP contribution in [0.5, 0.6) is 0 Å². The summed E-state index contributed by atoms with van der Waals surface area (Å²) in [7, 11) is 0. The van der Waals surface area contributed by atoms with Gasteiger partial charge in [0.05, 0.1) is 5.51 Å². The summed E-state index contributed by atoms with van der Waals surface area (Å²) in [6.45, 7) is 0. The summed E-state index contributed by atoms with van der Waals surface area (Å²) < 4.78 is 0. The second kappa shape index (κ2) is 4.56. The van der Waals surface area contributed by atoms with Gasteiger partial charge in [-0.05, 0) is 74.5 Å². The van der Waals surface area contributed by atoms with Gasteiger partial charge < -0.3 is 5.73 Å². The van der Waals surface area contributed by atoms with E-state index in [0.717, 1.165) is 24.2 Å². The average Bonchev–Trinajstić information content (AvgIpc) is 2.78. The summed E-state index contributed by atoms with van der Waals surface area (Å²) >= 11 is 1.75. The summed E-state index contributed by atoms with van der Waals surface area (Å²) in [5.74, 6) is 3.13. The number of hydrogen-bond acceptors (Lipinski definition) is 3. The van der Waals surface area contributed by atoms with Crippen LogP contribution < -0.4 is 5.73 Å². The number of hydrogen-bond donors (Lipinski definition) is 1. The summed E-state index contributed by atoms with van der Waals surface area (Å²) in [4.78, 5) is 5.52. The maximum absolute atomic E-state index is 6.47. The molecule has 1 atom stereocenters. The fourth-order valence-corrected chi connectivity index (χ4v) is 6.46. The van der Waals surface area contributed by atoms with E-state index in [-0.39, 0.29) is 0 Å². The zero-order valence-electron chi connectivity index (χ0n) is 11.6. The Hall–Kier alpha value is -0.410. The number of nitrogens with two attached hydrogens (primary N) is 1. The van der Waals surface area contributed by atoms with Crippen LogP contribution in [-0.2, 0) is 6.42 Å². The summed E-state index contributed by atoms with van der Waals surface area (Å²) in [6, 6.07) is 0.344. The minimum absolute atomic E-state index is 0.344. The molecule has 2 nitrogen and oxygen atoms in total. The van der Waals surface area contributed by atoms with E-state index in [0.29, 0.717) is 11.5 Å². The van der Waals surface area contributed by atoms with E-state index < -0.39 is 0 Å². The van der Waals surface area contributed by atoms with Crippen LogP contribution in [-0.4, -0.2) is 11.0 Å². The molecule has 4 saturated carbocycles. The van der Waals surface area contributed by atoms with Crippen LogP contribution in [0.15, 0.2) is 11.7 Å². The third-order valence-electron chi connectivity index (χ3n) is 5.81. The van der Waals surface area contributed by atoms with Gasteiger partial charge in [0, 0.05) is 17.1 Å². The number of aromatic nitrogens is 1. The van der Waals surface area contributed by atoms with Crippen molar-refractivity contribution in [2.24, 2.45) is 28.9 Å². The Labute approximate surface area is 119 Å². The van der Waals surface area contributed by atoms with Crippen LogP contribution in [0.3, 0.4) is 0 Å². The van der Waals surface area contributed by atoms with Gasteiger partial charge in [-0.2, -0.15) is 0 Å². The van der Waals surface area contributed by atoms with Crippen LogP contribution in [0.1, 0.15) is 49.8 Å². The predicted octanol–water partition coefficient (Wildman–Crippen LogP) is 3.62. The first-order valence-electron chi connectivity index (χ1n) is 7.84. The van der Waals surface area contributed by atoms with Crippen molar-refractivity contribution in [1.29, 1.82) is 0 Å². The molecule has 0 saturated heterocycles. The Balaban J connectivity index is 1.44. The molecule has 3 heteroatoms. The van der Waals surface area contributed by atoms with Gasteiger partial charge in [0.25, 0.3) is 0 Å². The molecule has 4 aliphatic rings. The zero-order valence-corrected chi connectivity index (χ0v) is 12.4. The molecule has 0 amide bonds. The quantitative estimate of drug-likeness (QED) is 0.912. The molecule has 104 valence electrons. The minimum atomic E-state index is 0.344. The Bertz CT molecular complexity index is 404. The third kappa shape index (κ3) is 2.36. The van der Waals surface area contributed by atoms with Crippen molar-refractivity contribution in [3.63, 3.8) is 0 Å². The molecule has 2 N–H and O–H groups in total. The molecule has 0 aliphatic heterocycles. The SMILES string of the molecule is NC(Cc1cncs1)CC12CC3CC(CC(C3)C1)C2. The van der Waals surface area contributed by atoms with Crippen molar-refractivity contribution in [1.82, 2.24) is 4.98 Å². The highest BCUT2D eigenvalue weighted by Gasteiger charge is 2.50. The monoisotopic (exact) mass is 276 g/mol. The van der Waals surface area contributed by atoms with Gasteiger partial charge in [-0.15, -0.1) is 11.3 Å². The first-order chi connectivity index (χ1) is 9.21. The van der Waals surface area contributed by atoms with E-state index >= 15 is 0 Å². The van der Waals surface area contributed by atoms with E-state index in [4.69, 9.17) is 5.73 Å². The van der Waals surface area contributed by atoms with Crippen LogP contribution in [0.4, 0.5) is 0 Å². The summed E-state index contributed by atoms with van der Waals surface area (Å²) in [5.41, 5.74) is 9.01. The van der Waals surface area contributed by atoms with Gasteiger partial charge in [-0.25, -0.2) is 0 Å². The molecule has 1 unspecified atom stereocenters. The Morgan fingerprint density at radius 1 is 1.21 bits per heavy atom. The topological polar surface area (TPSA) is 38.9 Å². The van der Waals surface area contributed by atoms with Crippen molar-refractivity contribution in [3.05, 3.63) is 16.6 Å². The maximum atomic E-state index is 6.47. The summed E-state index contributed by atoms with van der Waals surface area (Å²) in [5, 5.41) is 0. The van der Waals surface area contributed by atoms with Crippen LogP contribution in [0.2, 0.25) is 0 Å². The second-order valence-corrected chi connectivity index (χ2v) is 8.52. The molecule has 4 bridgehead atoms.